The van der Waals surface area contributed by atoms with Crippen LogP contribution in [0, 0.1) is 0 Å². The average molecular weight is 412 g/mol. The van der Waals surface area contributed by atoms with E-state index in [9.17, 15) is 14.4 Å². The minimum absolute atomic E-state index is 0.210. The standard InChI is InChI=1S/C20H18ClN5O3/c1-2-11-24-18(28)15-5-3-4-6-16(15)26-19(24)23-25(20(26)29)12-17(27)22-14-9-7-13(21)8-10-14/h3-10H,2,11-12H2,1H3,(H,22,27). The van der Waals surface area contributed by atoms with Crippen molar-refractivity contribution in [3.8, 4) is 0 Å². The summed E-state index contributed by atoms with van der Waals surface area (Å²) in [6, 6.07) is 13.5. The fraction of sp³-hybridized carbons (Fsp3) is 0.200. The van der Waals surface area contributed by atoms with Gasteiger partial charge in [0, 0.05) is 17.3 Å². The minimum Gasteiger partial charge on any atom is -0.324 e. The van der Waals surface area contributed by atoms with Crippen LogP contribution >= 0.6 is 11.6 Å². The van der Waals surface area contributed by atoms with Crippen molar-refractivity contribution in [2.45, 2.75) is 26.4 Å². The van der Waals surface area contributed by atoms with Crippen molar-refractivity contribution in [1.82, 2.24) is 18.7 Å². The Hall–Kier alpha value is -3.39. The number of rotatable bonds is 5. The molecule has 2 aromatic heterocycles. The van der Waals surface area contributed by atoms with E-state index in [1.54, 1.807) is 48.5 Å². The molecule has 9 heteroatoms. The van der Waals surface area contributed by atoms with Gasteiger partial charge in [-0.15, -0.1) is 5.10 Å². The molecule has 2 aromatic carbocycles. The van der Waals surface area contributed by atoms with Gasteiger partial charge < -0.3 is 5.32 Å². The summed E-state index contributed by atoms with van der Waals surface area (Å²) in [5, 5.41) is 7.98. The van der Waals surface area contributed by atoms with Crippen LogP contribution in [0.25, 0.3) is 16.7 Å². The summed E-state index contributed by atoms with van der Waals surface area (Å²) in [6.07, 6.45) is 0.700. The molecule has 2 heterocycles. The van der Waals surface area contributed by atoms with Crippen LogP contribution in [0.3, 0.4) is 0 Å². The molecule has 1 amide bonds. The van der Waals surface area contributed by atoms with Gasteiger partial charge in [-0.2, -0.15) is 0 Å². The molecule has 0 saturated carbocycles. The van der Waals surface area contributed by atoms with Crippen LogP contribution in [-0.4, -0.2) is 24.7 Å². The molecule has 0 unspecified atom stereocenters. The SMILES string of the molecule is CCCn1c(=O)c2ccccc2n2c(=O)n(CC(=O)Nc3ccc(Cl)cc3)nc12. The number of nitrogens with one attached hydrogen (secondary N) is 1. The third kappa shape index (κ3) is 3.42. The molecule has 8 nitrogen and oxygen atoms in total. The Balaban J connectivity index is 1.79. The molecule has 0 aliphatic carbocycles. The highest BCUT2D eigenvalue weighted by molar-refractivity contribution is 6.30. The summed E-state index contributed by atoms with van der Waals surface area (Å²) in [6.45, 7) is 2.07. The summed E-state index contributed by atoms with van der Waals surface area (Å²) >= 11 is 5.85. The van der Waals surface area contributed by atoms with Crippen LogP contribution in [0.15, 0.2) is 58.1 Å². The van der Waals surface area contributed by atoms with Gasteiger partial charge in [-0.25, -0.2) is 13.9 Å². The smallest absolute Gasteiger partial charge is 0.324 e. The van der Waals surface area contributed by atoms with E-state index in [-0.39, 0.29) is 17.9 Å². The molecule has 0 aliphatic heterocycles. The molecule has 0 fully saturated rings. The first-order valence-corrected chi connectivity index (χ1v) is 9.54. The van der Waals surface area contributed by atoms with E-state index in [0.717, 1.165) is 4.68 Å². The van der Waals surface area contributed by atoms with Gasteiger partial charge in [-0.3, -0.25) is 14.2 Å². The monoisotopic (exact) mass is 411 g/mol. The number of amides is 1. The van der Waals surface area contributed by atoms with Gasteiger partial charge in [-0.1, -0.05) is 30.7 Å². The summed E-state index contributed by atoms with van der Waals surface area (Å²) in [5.74, 6) is -0.189. The first kappa shape index (κ1) is 18.9. The lowest BCUT2D eigenvalue weighted by molar-refractivity contribution is -0.117. The first-order valence-electron chi connectivity index (χ1n) is 9.16. The minimum atomic E-state index is -0.479. The number of para-hydroxylation sites is 1. The van der Waals surface area contributed by atoms with E-state index in [4.69, 9.17) is 11.6 Å². The fourth-order valence-corrected chi connectivity index (χ4v) is 3.39. The van der Waals surface area contributed by atoms with Gasteiger partial charge in [0.25, 0.3) is 5.56 Å². The molecule has 0 atom stereocenters. The zero-order chi connectivity index (χ0) is 20.5. The fourth-order valence-electron chi connectivity index (χ4n) is 3.27. The van der Waals surface area contributed by atoms with Crippen LogP contribution in [0.2, 0.25) is 5.02 Å². The molecule has 148 valence electrons. The third-order valence-electron chi connectivity index (χ3n) is 4.55. The maximum atomic E-state index is 13.0. The zero-order valence-corrected chi connectivity index (χ0v) is 16.4. The molecule has 0 aliphatic rings. The number of carbonyl (C=O) groups is 1. The van der Waals surface area contributed by atoms with Crippen molar-refractivity contribution in [1.29, 1.82) is 0 Å². The maximum absolute atomic E-state index is 13.0. The number of hydrogen-bond donors (Lipinski definition) is 1. The van der Waals surface area contributed by atoms with Gasteiger partial charge in [0.05, 0.1) is 10.9 Å². The number of halogens is 1. The van der Waals surface area contributed by atoms with Crippen molar-refractivity contribution in [2.75, 3.05) is 5.32 Å². The van der Waals surface area contributed by atoms with Crippen molar-refractivity contribution in [3.63, 3.8) is 0 Å². The van der Waals surface area contributed by atoms with Gasteiger partial charge in [-0.05, 0) is 42.8 Å². The van der Waals surface area contributed by atoms with Crippen molar-refractivity contribution in [3.05, 3.63) is 74.4 Å². The molecule has 0 saturated heterocycles. The van der Waals surface area contributed by atoms with Gasteiger partial charge in [0.1, 0.15) is 6.54 Å². The summed E-state index contributed by atoms with van der Waals surface area (Å²) in [4.78, 5) is 38.3. The Morgan fingerprint density at radius 2 is 1.83 bits per heavy atom. The van der Waals surface area contributed by atoms with Crippen molar-refractivity contribution in [2.24, 2.45) is 0 Å². The Morgan fingerprint density at radius 1 is 1.10 bits per heavy atom. The second-order valence-corrected chi connectivity index (χ2v) is 7.04. The number of aryl methyl sites for hydroxylation is 1. The number of aromatic nitrogens is 4. The Bertz CT molecular complexity index is 1330. The van der Waals surface area contributed by atoms with E-state index < -0.39 is 11.6 Å². The lowest BCUT2D eigenvalue weighted by atomic mass is 10.2. The Morgan fingerprint density at radius 3 is 2.55 bits per heavy atom. The van der Waals surface area contributed by atoms with Crippen LogP contribution < -0.4 is 16.6 Å². The topological polar surface area (TPSA) is 90.4 Å². The molecular weight excluding hydrogens is 394 g/mol. The molecule has 4 aromatic rings. The summed E-state index contributed by atoms with van der Waals surface area (Å²) in [7, 11) is 0. The van der Waals surface area contributed by atoms with Crippen molar-refractivity contribution >= 4 is 39.9 Å². The highest BCUT2D eigenvalue weighted by atomic mass is 35.5. The Labute approximate surface area is 169 Å². The van der Waals surface area contributed by atoms with Gasteiger partial charge in [0.2, 0.25) is 11.7 Å². The number of anilines is 1. The second-order valence-electron chi connectivity index (χ2n) is 6.60. The lowest BCUT2D eigenvalue weighted by Crippen LogP contribution is -2.29. The number of hydrogen-bond acceptors (Lipinski definition) is 4. The average Bonchev–Trinajstić information content (AvgIpc) is 3.03. The van der Waals surface area contributed by atoms with E-state index in [1.807, 2.05) is 6.92 Å². The van der Waals surface area contributed by atoms with E-state index >= 15 is 0 Å². The lowest BCUT2D eigenvalue weighted by Gasteiger charge is -2.07. The van der Waals surface area contributed by atoms with E-state index in [0.29, 0.717) is 34.6 Å². The number of fused-ring (bicyclic) bond motifs is 3. The summed E-state index contributed by atoms with van der Waals surface area (Å²) in [5.41, 5.74) is 0.337. The van der Waals surface area contributed by atoms with Crippen molar-refractivity contribution < 1.29 is 4.79 Å². The van der Waals surface area contributed by atoms with E-state index in [1.165, 1.54) is 8.97 Å². The molecule has 4 rings (SSSR count). The predicted molar refractivity (Wildman–Crippen MR) is 112 cm³/mol. The molecular formula is C20H18ClN5O3. The number of carbonyl (C=O) groups excluding carboxylic acids is 1. The normalized spacial score (nSPS) is 11.2. The van der Waals surface area contributed by atoms with E-state index in [2.05, 4.69) is 10.4 Å². The Kier molecular flexibility index (Phi) is 4.94. The highest BCUT2D eigenvalue weighted by Crippen LogP contribution is 2.14. The van der Waals surface area contributed by atoms with Crippen LogP contribution in [0.1, 0.15) is 13.3 Å². The second kappa shape index (κ2) is 7.56. The molecule has 0 radical (unpaired) electrons. The predicted octanol–water partition coefficient (Wildman–Crippen LogP) is 2.51. The number of nitrogens with zero attached hydrogens (tertiary/aromatic N) is 4. The third-order valence-corrected chi connectivity index (χ3v) is 4.80. The van der Waals surface area contributed by atoms with Gasteiger partial charge >= 0.3 is 5.69 Å². The molecule has 0 spiro atoms. The summed E-state index contributed by atoms with van der Waals surface area (Å²) < 4.78 is 3.91. The highest BCUT2D eigenvalue weighted by Gasteiger charge is 2.18. The maximum Gasteiger partial charge on any atom is 0.352 e. The molecule has 0 bridgehead atoms. The quantitative estimate of drug-likeness (QED) is 0.546. The first-order chi connectivity index (χ1) is 14.0. The molecule has 29 heavy (non-hydrogen) atoms. The van der Waals surface area contributed by atoms with Gasteiger partial charge in [0.15, 0.2) is 0 Å². The number of benzene rings is 2. The van der Waals surface area contributed by atoms with Crippen LogP contribution in [0.4, 0.5) is 5.69 Å². The molecule has 1 N–H and O–H groups in total. The largest absolute Gasteiger partial charge is 0.352 e. The zero-order valence-electron chi connectivity index (χ0n) is 15.6. The van der Waals surface area contributed by atoms with Crippen LogP contribution in [-0.2, 0) is 17.9 Å². The van der Waals surface area contributed by atoms with Crippen LogP contribution in [0.5, 0.6) is 0 Å².